The lowest BCUT2D eigenvalue weighted by Gasteiger charge is -2.25. The summed E-state index contributed by atoms with van der Waals surface area (Å²) < 4.78 is 5.07. The molecule has 16 heavy (non-hydrogen) atoms. The van der Waals surface area contributed by atoms with Gasteiger partial charge in [0, 0.05) is 12.6 Å². The molecular weight excluding hydrogens is 212 g/mol. The predicted octanol–water partition coefficient (Wildman–Crippen LogP) is -0.670. The molecule has 0 aliphatic carbocycles. The zero-order valence-electron chi connectivity index (χ0n) is 9.53. The minimum atomic E-state index is -1.01. The van der Waals surface area contributed by atoms with Crippen LogP contribution in [-0.2, 0) is 14.3 Å². The van der Waals surface area contributed by atoms with Crippen LogP contribution in [0.5, 0.6) is 0 Å². The molecule has 3 unspecified atom stereocenters. The first-order valence-electron chi connectivity index (χ1n) is 5.27. The van der Waals surface area contributed by atoms with E-state index in [0.717, 1.165) is 0 Å². The van der Waals surface area contributed by atoms with Crippen molar-refractivity contribution in [2.45, 2.75) is 31.8 Å². The maximum Gasteiger partial charge on any atom is 0.308 e. The van der Waals surface area contributed by atoms with Gasteiger partial charge in [-0.3, -0.25) is 9.59 Å². The Hall–Kier alpha value is -1.14. The summed E-state index contributed by atoms with van der Waals surface area (Å²) in [6.45, 7) is 3.84. The molecule has 0 spiro atoms. The Bertz CT molecular complexity index is 287. The molecule has 0 aromatic rings. The van der Waals surface area contributed by atoms with Gasteiger partial charge in [0.2, 0.25) is 5.91 Å². The SMILES string of the molecule is CC(NC(=O)C1(N)CCOC1)C(C)C(=O)O. The van der Waals surface area contributed by atoms with Gasteiger partial charge < -0.3 is 20.9 Å². The van der Waals surface area contributed by atoms with Gasteiger partial charge in [-0.15, -0.1) is 0 Å². The number of ether oxygens (including phenoxy) is 1. The standard InChI is InChI=1S/C10H18N2O4/c1-6(8(13)14)7(2)12-9(15)10(11)3-4-16-5-10/h6-7H,3-5,11H2,1-2H3,(H,12,15)(H,13,14). The van der Waals surface area contributed by atoms with E-state index in [9.17, 15) is 9.59 Å². The lowest BCUT2D eigenvalue weighted by Crippen LogP contribution is -2.57. The summed E-state index contributed by atoms with van der Waals surface area (Å²) in [6.07, 6.45) is 0.465. The van der Waals surface area contributed by atoms with Gasteiger partial charge >= 0.3 is 5.97 Å². The molecule has 1 aliphatic rings. The molecule has 1 saturated heterocycles. The number of hydrogen-bond donors (Lipinski definition) is 3. The number of rotatable bonds is 4. The summed E-state index contributed by atoms with van der Waals surface area (Å²) in [6, 6.07) is -0.453. The van der Waals surface area contributed by atoms with Crippen LogP contribution in [0, 0.1) is 5.92 Å². The van der Waals surface area contributed by atoms with Crippen LogP contribution >= 0.6 is 0 Å². The van der Waals surface area contributed by atoms with E-state index in [0.29, 0.717) is 13.0 Å². The highest BCUT2D eigenvalue weighted by atomic mass is 16.5. The molecular formula is C10H18N2O4. The third-order valence-corrected chi connectivity index (χ3v) is 3.00. The van der Waals surface area contributed by atoms with Gasteiger partial charge in [-0.1, -0.05) is 0 Å². The quantitative estimate of drug-likeness (QED) is 0.594. The van der Waals surface area contributed by atoms with Crippen LogP contribution in [0.2, 0.25) is 0 Å². The fourth-order valence-electron chi connectivity index (χ4n) is 1.45. The highest BCUT2D eigenvalue weighted by Crippen LogP contribution is 2.16. The number of carbonyl (C=O) groups is 2. The average Bonchev–Trinajstić information content (AvgIpc) is 2.65. The number of nitrogens with one attached hydrogen (secondary N) is 1. The van der Waals surface area contributed by atoms with Gasteiger partial charge in [0.1, 0.15) is 5.54 Å². The van der Waals surface area contributed by atoms with E-state index in [1.165, 1.54) is 0 Å². The van der Waals surface area contributed by atoms with Gasteiger partial charge in [0.05, 0.1) is 12.5 Å². The molecule has 4 N–H and O–H groups in total. The number of nitrogens with two attached hydrogens (primary N) is 1. The zero-order valence-corrected chi connectivity index (χ0v) is 9.53. The van der Waals surface area contributed by atoms with Crippen LogP contribution in [0.3, 0.4) is 0 Å². The van der Waals surface area contributed by atoms with E-state index in [2.05, 4.69) is 5.32 Å². The molecule has 0 aromatic heterocycles. The molecule has 0 radical (unpaired) electrons. The van der Waals surface area contributed by atoms with E-state index in [-0.39, 0.29) is 12.5 Å². The molecule has 6 nitrogen and oxygen atoms in total. The first-order valence-corrected chi connectivity index (χ1v) is 5.27. The Morgan fingerprint density at radius 1 is 1.50 bits per heavy atom. The molecule has 0 saturated carbocycles. The van der Waals surface area contributed by atoms with Crippen LogP contribution in [0.15, 0.2) is 0 Å². The van der Waals surface area contributed by atoms with Crippen LogP contribution in [0.1, 0.15) is 20.3 Å². The normalized spacial score (nSPS) is 28.4. The van der Waals surface area contributed by atoms with Crippen LogP contribution in [0.4, 0.5) is 0 Å². The van der Waals surface area contributed by atoms with Gasteiger partial charge in [-0.05, 0) is 20.3 Å². The second-order valence-corrected chi connectivity index (χ2v) is 4.35. The topological polar surface area (TPSA) is 102 Å². The van der Waals surface area contributed by atoms with Gasteiger partial charge in [-0.25, -0.2) is 0 Å². The summed E-state index contributed by atoms with van der Waals surface area (Å²) in [4.78, 5) is 22.5. The molecule has 6 heteroatoms. The smallest absolute Gasteiger partial charge is 0.308 e. The maximum absolute atomic E-state index is 11.8. The van der Waals surface area contributed by atoms with Crippen LogP contribution < -0.4 is 11.1 Å². The van der Waals surface area contributed by atoms with Crippen molar-refractivity contribution in [3.8, 4) is 0 Å². The Morgan fingerprint density at radius 3 is 2.56 bits per heavy atom. The molecule has 0 bridgehead atoms. The summed E-state index contributed by atoms with van der Waals surface area (Å²) in [5.41, 5.74) is 4.84. The maximum atomic E-state index is 11.8. The Kier molecular flexibility index (Phi) is 3.88. The van der Waals surface area contributed by atoms with Gasteiger partial charge in [0.25, 0.3) is 0 Å². The number of carboxylic acids is 1. The fourth-order valence-corrected chi connectivity index (χ4v) is 1.45. The molecule has 1 aliphatic heterocycles. The number of carbonyl (C=O) groups excluding carboxylic acids is 1. The molecule has 1 heterocycles. The second-order valence-electron chi connectivity index (χ2n) is 4.35. The molecule has 92 valence electrons. The van der Waals surface area contributed by atoms with Gasteiger partial charge in [0.15, 0.2) is 0 Å². The summed E-state index contributed by atoms with van der Waals surface area (Å²) in [5, 5.41) is 11.4. The fraction of sp³-hybridized carbons (Fsp3) is 0.800. The van der Waals surface area contributed by atoms with E-state index in [1.807, 2.05) is 0 Å². The zero-order chi connectivity index (χ0) is 12.3. The monoisotopic (exact) mass is 230 g/mol. The van der Waals surface area contributed by atoms with E-state index in [4.69, 9.17) is 15.6 Å². The summed E-state index contributed by atoms with van der Waals surface area (Å²) >= 11 is 0. The lowest BCUT2D eigenvalue weighted by molar-refractivity contribution is -0.142. The van der Waals surface area contributed by atoms with Crippen molar-refractivity contribution in [3.05, 3.63) is 0 Å². The minimum Gasteiger partial charge on any atom is -0.481 e. The molecule has 1 amide bonds. The van der Waals surface area contributed by atoms with Crippen LogP contribution in [0.25, 0.3) is 0 Å². The number of amides is 1. The molecule has 0 aromatic carbocycles. The second kappa shape index (κ2) is 4.80. The molecule has 3 atom stereocenters. The average molecular weight is 230 g/mol. The summed E-state index contributed by atoms with van der Waals surface area (Å²) in [5.74, 6) is -1.93. The van der Waals surface area contributed by atoms with Crippen molar-refractivity contribution in [1.29, 1.82) is 0 Å². The van der Waals surface area contributed by atoms with Crippen molar-refractivity contribution in [3.63, 3.8) is 0 Å². The third-order valence-electron chi connectivity index (χ3n) is 3.00. The highest BCUT2D eigenvalue weighted by molar-refractivity contribution is 5.87. The Morgan fingerprint density at radius 2 is 2.12 bits per heavy atom. The van der Waals surface area contributed by atoms with E-state index >= 15 is 0 Å². The number of carboxylic acid groups (broad SMARTS) is 1. The highest BCUT2D eigenvalue weighted by Gasteiger charge is 2.39. The summed E-state index contributed by atoms with van der Waals surface area (Å²) in [7, 11) is 0. The van der Waals surface area contributed by atoms with E-state index in [1.54, 1.807) is 13.8 Å². The van der Waals surface area contributed by atoms with Gasteiger partial charge in [-0.2, -0.15) is 0 Å². The van der Waals surface area contributed by atoms with Crippen molar-refractivity contribution >= 4 is 11.9 Å². The number of hydrogen-bond acceptors (Lipinski definition) is 4. The Balaban J connectivity index is 2.54. The van der Waals surface area contributed by atoms with Crippen LogP contribution in [-0.4, -0.2) is 41.8 Å². The van der Waals surface area contributed by atoms with Crippen molar-refractivity contribution in [2.75, 3.05) is 13.2 Å². The Labute approximate surface area is 94.1 Å². The third kappa shape index (κ3) is 2.70. The van der Waals surface area contributed by atoms with Crippen molar-refractivity contribution in [2.24, 2.45) is 11.7 Å². The predicted molar refractivity (Wildman–Crippen MR) is 56.8 cm³/mol. The first-order chi connectivity index (χ1) is 7.37. The molecule has 1 rings (SSSR count). The van der Waals surface area contributed by atoms with Crippen molar-refractivity contribution in [1.82, 2.24) is 5.32 Å². The first kappa shape index (κ1) is 12.9. The van der Waals surface area contributed by atoms with E-state index < -0.39 is 23.5 Å². The number of aliphatic carboxylic acids is 1. The minimum absolute atomic E-state index is 0.188. The largest absolute Gasteiger partial charge is 0.481 e. The lowest BCUT2D eigenvalue weighted by atomic mass is 9.97. The molecule has 1 fully saturated rings. The van der Waals surface area contributed by atoms with Crippen molar-refractivity contribution < 1.29 is 19.4 Å².